The van der Waals surface area contributed by atoms with E-state index in [4.69, 9.17) is 4.74 Å². The number of hydrogen-bond donors (Lipinski definition) is 1. The van der Waals surface area contributed by atoms with Crippen LogP contribution in [-0.4, -0.2) is 36.0 Å². The van der Waals surface area contributed by atoms with Crippen LogP contribution in [0.15, 0.2) is 36.4 Å². The zero-order valence-electron chi connectivity index (χ0n) is 12.9. The van der Waals surface area contributed by atoms with Crippen molar-refractivity contribution in [2.45, 2.75) is 13.2 Å². The Morgan fingerprint density at radius 2 is 2.09 bits per heavy atom. The molecule has 0 amide bonds. The number of carbonyl (C=O) groups is 1. The maximum Gasteiger partial charge on any atom is 0.358 e. The van der Waals surface area contributed by atoms with Crippen LogP contribution in [0.1, 0.15) is 21.7 Å². The average molecular weight is 303 g/mol. The van der Waals surface area contributed by atoms with Gasteiger partial charge in [0.05, 0.1) is 26.0 Å². The van der Waals surface area contributed by atoms with Crippen LogP contribution in [0.5, 0.6) is 0 Å². The normalized spacial score (nSPS) is 10.6. The summed E-state index contributed by atoms with van der Waals surface area (Å²) in [4.78, 5) is 11.4. The Bertz CT molecular complexity index is 596. The second kappa shape index (κ2) is 8.31. The number of nitrogens with zero attached hydrogens (tertiary/aromatic N) is 2. The van der Waals surface area contributed by atoms with E-state index >= 15 is 0 Å². The van der Waals surface area contributed by atoms with Crippen LogP contribution >= 0.6 is 0 Å². The van der Waals surface area contributed by atoms with E-state index in [0.29, 0.717) is 25.5 Å². The number of carbonyl (C=O) groups excluding carboxylic acids is 1. The molecule has 0 saturated heterocycles. The third-order valence-corrected chi connectivity index (χ3v) is 3.21. The van der Waals surface area contributed by atoms with Crippen molar-refractivity contribution in [3.05, 3.63) is 53.3 Å². The number of benzene rings is 1. The third kappa shape index (κ3) is 4.68. The molecule has 1 aromatic heterocycles. The lowest BCUT2D eigenvalue weighted by molar-refractivity contribution is 0.0593. The minimum atomic E-state index is -0.423. The number of rotatable bonds is 8. The summed E-state index contributed by atoms with van der Waals surface area (Å²) in [6, 6.07) is 11.8. The summed E-state index contributed by atoms with van der Waals surface area (Å²) in [5.74, 6) is -0.423. The van der Waals surface area contributed by atoms with Crippen molar-refractivity contribution in [1.29, 1.82) is 0 Å². The van der Waals surface area contributed by atoms with Crippen LogP contribution in [0.3, 0.4) is 0 Å². The van der Waals surface area contributed by atoms with E-state index in [1.807, 2.05) is 30.3 Å². The molecule has 1 heterocycles. The minimum absolute atomic E-state index is 0.321. The fourth-order valence-electron chi connectivity index (χ4n) is 2.00. The molecule has 1 aromatic carbocycles. The number of esters is 1. The lowest BCUT2D eigenvalue weighted by atomic mass is 10.2. The Hall–Kier alpha value is -2.18. The van der Waals surface area contributed by atoms with Crippen LogP contribution in [0.4, 0.5) is 0 Å². The summed E-state index contributed by atoms with van der Waals surface area (Å²) in [6.45, 7) is 2.58. The predicted molar refractivity (Wildman–Crippen MR) is 82.4 cm³/mol. The van der Waals surface area contributed by atoms with Gasteiger partial charge in [0.25, 0.3) is 0 Å². The number of aromatic nitrogens is 2. The average Bonchev–Trinajstić information content (AvgIpc) is 2.92. The zero-order valence-corrected chi connectivity index (χ0v) is 12.9. The molecule has 0 fully saturated rings. The summed E-state index contributed by atoms with van der Waals surface area (Å²) in [5, 5.41) is 7.37. The summed E-state index contributed by atoms with van der Waals surface area (Å²) in [6.07, 6.45) is 0. The van der Waals surface area contributed by atoms with Gasteiger partial charge >= 0.3 is 5.97 Å². The van der Waals surface area contributed by atoms with Gasteiger partial charge in [0.15, 0.2) is 5.69 Å². The summed E-state index contributed by atoms with van der Waals surface area (Å²) in [7, 11) is 3.15. The monoisotopic (exact) mass is 303 g/mol. The first kappa shape index (κ1) is 16.2. The summed E-state index contributed by atoms with van der Waals surface area (Å²) >= 11 is 0. The van der Waals surface area contributed by atoms with E-state index in [1.54, 1.807) is 17.8 Å². The third-order valence-electron chi connectivity index (χ3n) is 3.21. The molecule has 1 N–H and O–H groups in total. The van der Waals surface area contributed by atoms with Crippen molar-refractivity contribution >= 4 is 5.97 Å². The molecule has 118 valence electrons. The molecule has 0 spiro atoms. The first-order valence-corrected chi connectivity index (χ1v) is 7.14. The van der Waals surface area contributed by atoms with E-state index in [9.17, 15) is 4.79 Å². The highest BCUT2D eigenvalue weighted by Gasteiger charge is 2.12. The van der Waals surface area contributed by atoms with E-state index in [1.165, 1.54) is 7.11 Å². The van der Waals surface area contributed by atoms with Gasteiger partial charge in [-0.1, -0.05) is 30.3 Å². The molecule has 22 heavy (non-hydrogen) atoms. The molecule has 0 unspecified atom stereocenters. The van der Waals surface area contributed by atoms with Gasteiger partial charge in [0.1, 0.15) is 0 Å². The van der Waals surface area contributed by atoms with E-state index in [-0.39, 0.29) is 0 Å². The van der Waals surface area contributed by atoms with Gasteiger partial charge in [-0.15, -0.1) is 0 Å². The predicted octanol–water partition coefficient (Wildman–Crippen LogP) is 1.51. The highest BCUT2D eigenvalue weighted by Crippen LogP contribution is 2.04. The standard InChI is InChI=1S/C16H21N3O3/c1-19-14(10-15(18-19)16(20)21-2)11-17-8-9-22-12-13-6-4-3-5-7-13/h3-7,10,17H,8-9,11-12H2,1-2H3. The first-order valence-electron chi connectivity index (χ1n) is 7.14. The van der Waals surface area contributed by atoms with E-state index in [0.717, 1.165) is 17.8 Å². The molecular weight excluding hydrogens is 282 g/mol. The summed E-state index contributed by atoms with van der Waals surface area (Å²) in [5.41, 5.74) is 2.41. The van der Waals surface area contributed by atoms with Gasteiger partial charge < -0.3 is 14.8 Å². The lowest BCUT2D eigenvalue weighted by Crippen LogP contribution is -2.20. The highest BCUT2D eigenvalue weighted by molar-refractivity contribution is 5.87. The van der Waals surface area contributed by atoms with Gasteiger partial charge in [0.2, 0.25) is 0 Å². The number of methoxy groups -OCH3 is 1. The van der Waals surface area contributed by atoms with Crippen molar-refractivity contribution in [2.24, 2.45) is 7.05 Å². The highest BCUT2D eigenvalue weighted by atomic mass is 16.5. The van der Waals surface area contributed by atoms with Gasteiger partial charge in [-0.2, -0.15) is 5.10 Å². The second-order valence-electron chi connectivity index (χ2n) is 4.85. The SMILES string of the molecule is COC(=O)c1cc(CNCCOCc2ccccc2)n(C)n1. The molecule has 0 bridgehead atoms. The van der Waals surface area contributed by atoms with Crippen molar-refractivity contribution in [3.63, 3.8) is 0 Å². The maximum absolute atomic E-state index is 11.4. The summed E-state index contributed by atoms with van der Waals surface area (Å²) < 4.78 is 11.9. The number of hydrogen-bond acceptors (Lipinski definition) is 5. The van der Waals surface area contributed by atoms with Crippen molar-refractivity contribution < 1.29 is 14.3 Å². The number of nitrogens with one attached hydrogen (secondary N) is 1. The Morgan fingerprint density at radius 1 is 1.32 bits per heavy atom. The van der Waals surface area contributed by atoms with Gasteiger partial charge in [0, 0.05) is 20.1 Å². The molecule has 2 rings (SSSR count). The van der Waals surface area contributed by atoms with Crippen LogP contribution < -0.4 is 5.32 Å². The van der Waals surface area contributed by atoms with Crippen LogP contribution in [-0.2, 0) is 29.7 Å². The van der Waals surface area contributed by atoms with Crippen LogP contribution in [0.2, 0.25) is 0 Å². The van der Waals surface area contributed by atoms with Gasteiger partial charge in [-0.3, -0.25) is 4.68 Å². The molecule has 0 saturated carbocycles. The molecular formula is C16H21N3O3. The Balaban J connectivity index is 1.66. The maximum atomic E-state index is 11.4. The lowest BCUT2D eigenvalue weighted by Gasteiger charge is -2.06. The fraction of sp³-hybridized carbons (Fsp3) is 0.375. The molecule has 0 aliphatic rings. The van der Waals surface area contributed by atoms with Crippen molar-refractivity contribution in [3.8, 4) is 0 Å². The van der Waals surface area contributed by atoms with Crippen LogP contribution in [0, 0.1) is 0 Å². The molecule has 0 aliphatic carbocycles. The number of aryl methyl sites for hydroxylation is 1. The smallest absolute Gasteiger partial charge is 0.358 e. The Morgan fingerprint density at radius 3 is 2.82 bits per heavy atom. The van der Waals surface area contributed by atoms with Crippen LogP contribution in [0.25, 0.3) is 0 Å². The molecule has 0 radical (unpaired) electrons. The molecule has 6 nitrogen and oxygen atoms in total. The fourth-order valence-corrected chi connectivity index (χ4v) is 2.00. The minimum Gasteiger partial charge on any atom is -0.464 e. The van der Waals surface area contributed by atoms with E-state index in [2.05, 4.69) is 15.2 Å². The Kier molecular flexibility index (Phi) is 6.12. The zero-order chi connectivity index (χ0) is 15.8. The van der Waals surface area contributed by atoms with Crippen molar-refractivity contribution in [2.75, 3.05) is 20.3 Å². The molecule has 0 aliphatic heterocycles. The van der Waals surface area contributed by atoms with E-state index < -0.39 is 5.97 Å². The van der Waals surface area contributed by atoms with Gasteiger partial charge in [-0.05, 0) is 11.6 Å². The quantitative estimate of drug-likeness (QED) is 0.591. The number of ether oxygens (including phenoxy) is 2. The Labute approximate surface area is 130 Å². The second-order valence-corrected chi connectivity index (χ2v) is 4.85. The topological polar surface area (TPSA) is 65.4 Å². The van der Waals surface area contributed by atoms with Crippen molar-refractivity contribution in [1.82, 2.24) is 15.1 Å². The molecule has 0 atom stereocenters. The largest absolute Gasteiger partial charge is 0.464 e. The van der Waals surface area contributed by atoms with Gasteiger partial charge in [-0.25, -0.2) is 4.79 Å². The first-order chi connectivity index (χ1) is 10.7. The molecule has 6 heteroatoms. The molecule has 2 aromatic rings.